The lowest BCUT2D eigenvalue weighted by molar-refractivity contribution is 0.292. The molecule has 0 unspecified atom stereocenters. The molecule has 128 valence electrons. The van der Waals surface area contributed by atoms with Crippen LogP contribution in [0.15, 0.2) is 18.2 Å². The molecule has 0 saturated heterocycles. The van der Waals surface area contributed by atoms with Crippen molar-refractivity contribution in [1.29, 1.82) is 0 Å². The predicted molar refractivity (Wildman–Crippen MR) is 89.8 cm³/mol. The first kappa shape index (κ1) is 16.9. The number of halogens is 3. The van der Waals surface area contributed by atoms with Crippen LogP contribution in [0.3, 0.4) is 0 Å². The highest BCUT2D eigenvalue weighted by Gasteiger charge is 2.34. The number of rotatable bonds is 7. The fourth-order valence-corrected chi connectivity index (χ4v) is 3.20. The van der Waals surface area contributed by atoms with Crippen LogP contribution in [0.2, 0.25) is 0 Å². The van der Waals surface area contributed by atoms with E-state index in [1.165, 1.54) is 0 Å². The van der Waals surface area contributed by atoms with Crippen molar-refractivity contribution >= 4 is 0 Å². The second-order valence-corrected chi connectivity index (χ2v) is 6.19. The number of unbranched alkanes of at least 4 members (excludes halogenated alkanes) is 2. The van der Waals surface area contributed by atoms with Gasteiger partial charge in [-0.2, -0.15) is 0 Å². The van der Waals surface area contributed by atoms with Crippen molar-refractivity contribution in [1.82, 2.24) is 0 Å². The summed E-state index contributed by atoms with van der Waals surface area (Å²) in [5.74, 6) is -2.31. The van der Waals surface area contributed by atoms with Crippen molar-refractivity contribution in [3.05, 3.63) is 41.2 Å². The summed E-state index contributed by atoms with van der Waals surface area (Å²) in [5, 5.41) is 0. The highest BCUT2D eigenvalue weighted by molar-refractivity contribution is 6.03. The fourth-order valence-electron chi connectivity index (χ4n) is 3.20. The van der Waals surface area contributed by atoms with E-state index in [1.807, 2.05) is 6.92 Å². The van der Waals surface area contributed by atoms with Gasteiger partial charge in [-0.15, -0.1) is 0 Å². The first-order valence-electron chi connectivity index (χ1n) is 8.57. The first-order chi connectivity index (χ1) is 11.6. The SMILES string of the molecule is CCCCCOc1ccc2c(c1F)-c1c-2cc(CCC)c(F)c1F. The van der Waals surface area contributed by atoms with E-state index in [1.54, 1.807) is 18.2 Å². The minimum absolute atomic E-state index is 0.0406. The lowest BCUT2D eigenvalue weighted by atomic mass is 9.78. The zero-order valence-electron chi connectivity index (χ0n) is 14.0. The summed E-state index contributed by atoms with van der Waals surface area (Å²) >= 11 is 0. The quantitative estimate of drug-likeness (QED) is 0.463. The topological polar surface area (TPSA) is 9.23 Å². The molecule has 1 nitrogen and oxygen atoms in total. The van der Waals surface area contributed by atoms with Gasteiger partial charge in [0, 0.05) is 11.1 Å². The van der Waals surface area contributed by atoms with Crippen molar-refractivity contribution in [3.63, 3.8) is 0 Å². The average Bonchev–Trinajstić information content (AvgIpc) is 2.56. The van der Waals surface area contributed by atoms with E-state index in [0.29, 0.717) is 29.7 Å². The zero-order chi connectivity index (χ0) is 17.3. The molecule has 1 aliphatic rings. The Kier molecular flexibility index (Phi) is 4.83. The number of benzene rings is 2. The monoisotopic (exact) mass is 334 g/mol. The van der Waals surface area contributed by atoms with E-state index in [9.17, 15) is 13.2 Å². The number of hydrogen-bond acceptors (Lipinski definition) is 1. The number of aryl methyl sites for hydroxylation is 1. The van der Waals surface area contributed by atoms with E-state index >= 15 is 0 Å². The van der Waals surface area contributed by atoms with Gasteiger partial charge in [-0.1, -0.05) is 33.1 Å². The van der Waals surface area contributed by atoms with E-state index < -0.39 is 17.5 Å². The predicted octanol–water partition coefficient (Wildman–Crippen LogP) is 6.27. The molecular weight excluding hydrogens is 313 g/mol. The van der Waals surface area contributed by atoms with Crippen LogP contribution in [0.25, 0.3) is 22.3 Å². The molecule has 0 aliphatic heterocycles. The molecule has 1 aliphatic carbocycles. The molecule has 2 aromatic rings. The molecule has 0 amide bonds. The molecule has 0 saturated carbocycles. The van der Waals surface area contributed by atoms with E-state index in [2.05, 4.69) is 6.92 Å². The summed E-state index contributed by atoms with van der Waals surface area (Å²) in [6, 6.07) is 4.94. The number of fused-ring (bicyclic) bond motifs is 4. The molecule has 0 heterocycles. The van der Waals surface area contributed by atoms with Crippen LogP contribution in [0.1, 0.15) is 45.1 Å². The largest absolute Gasteiger partial charge is 0.490 e. The second kappa shape index (κ2) is 6.88. The lowest BCUT2D eigenvalue weighted by Gasteiger charge is -2.27. The van der Waals surface area contributed by atoms with Crippen LogP contribution in [0.5, 0.6) is 5.75 Å². The van der Waals surface area contributed by atoms with E-state index in [0.717, 1.165) is 25.7 Å². The van der Waals surface area contributed by atoms with Gasteiger partial charge in [0.1, 0.15) is 0 Å². The van der Waals surface area contributed by atoms with E-state index in [-0.39, 0.29) is 16.9 Å². The Morgan fingerprint density at radius 2 is 1.58 bits per heavy atom. The van der Waals surface area contributed by atoms with Crippen molar-refractivity contribution in [2.75, 3.05) is 6.61 Å². The lowest BCUT2D eigenvalue weighted by Crippen LogP contribution is -2.10. The minimum atomic E-state index is -0.953. The second-order valence-electron chi connectivity index (χ2n) is 6.19. The van der Waals surface area contributed by atoms with E-state index in [4.69, 9.17) is 4.74 Å². The summed E-state index contributed by atoms with van der Waals surface area (Å²) < 4.78 is 48.6. The van der Waals surface area contributed by atoms with Crippen molar-refractivity contribution in [2.24, 2.45) is 0 Å². The molecule has 2 aromatic carbocycles. The molecule has 0 spiro atoms. The molecule has 24 heavy (non-hydrogen) atoms. The molecule has 0 bridgehead atoms. The maximum Gasteiger partial charge on any atom is 0.173 e. The highest BCUT2D eigenvalue weighted by atomic mass is 19.2. The summed E-state index contributed by atoms with van der Waals surface area (Å²) in [5.41, 5.74) is 1.74. The minimum Gasteiger partial charge on any atom is -0.490 e. The van der Waals surface area contributed by atoms with Gasteiger partial charge in [-0.3, -0.25) is 0 Å². The van der Waals surface area contributed by atoms with Crippen LogP contribution in [-0.4, -0.2) is 6.61 Å². The molecule has 0 fully saturated rings. The Morgan fingerprint density at radius 1 is 0.833 bits per heavy atom. The maximum atomic E-state index is 14.6. The molecule has 4 heteroatoms. The maximum absolute atomic E-state index is 14.6. The standard InChI is InChI=1S/C20H21F3O/c1-3-5-6-10-24-15-9-8-13-14-11-12(7-4-2)18(21)20(23)17(14)16(13)19(15)22/h8-9,11H,3-7,10H2,1-2H3. The van der Waals surface area contributed by atoms with Gasteiger partial charge >= 0.3 is 0 Å². The van der Waals surface area contributed by atoms with Crippen molar-refractivity contribution in [3.8, 4) is 28.0 Å². The third-order valence-corrected chi connectivity index (χ3v) is 4.45. The van der Waals surface area contributed by atoms with Crippen LogP contribution < -0.4 is 4.74 Å². The Balaban J connectivity index is 1.93. The Labute approximate surface area is 140 Å². The van der Waals surface area contributed by atoms with Crippen molar-refractivity contribution < 1.29 is 17.9 Å². The highest BCUT2D eigenvalue weighted by Crippen LogP contribution is 2.52. The summed E-state index contributed by atoms with van der Waals surface area (Å²) in [6.07, 6.45) is 4.09. The van der Waals surface area contributed by atoms with Crippen molar-refractivity contribution in [2.45, 2.75) is 46.0 Å². The van der Waals surface area contributed by atoms with Crippen LogP contribution >= 0.6 is 0 Å². The molecule has 3 rings (SSSR count). The summed E-state index contributed by atoms with van der Waals surface area (Å²) in [6.45, 7) is 4.40. The smallest absolute Gasteiger partial charge is 0.173 e. The molecule has 0 aromatic heterocycles. The normalized spacial score (nSPS) is 11.7. The summed E-state index contributed by atoms with van der Waals surface area (Å²) in [4.78, 5) is 0. The number of ether oxygens (including phenoxy) is 1. The van der Waals surface area contributed by atoms with Crippen LogP contribution in [0, 0.1) is 17.5 Å². The number of hydrogen-bond donors (Lipinski definition) is 0. The first-order valence-corrected chi connectivity index (χ1v) is 8.57. The Morgan fingerprint density at radius 3 is 2.29 bits per heavy atom. The van der Waals surface area contributed by atoms with Gasteiger partial charge in [0.05, 0.1) is 6.61 Å². The third-order valence-electron chi connectivity index (χ3n) is 4.45. The van der Waals surface area contributed by atoms with Crippen LogP contribution in [0.4, 0.5) is 13.2 Å². The van der Waals surface area contributed by atoms with Gasteiger partial charge < -0.3 is 4.74 Å². The summed E-state index contributed by atoms with van der Waals surface area (Å²) in [7, 11) is 0. The van der Waals surface area contributed by atoms with Gasteiger partial charge in [0.15, 0.2) is 23.2 Å². The van der Waals surface area contributed by atoms with Gasteiger partial charge in [0.25, 0.3) is 0 Å². The molecule has 0 N–H and O–H groups in total. The third kappa shape index (κ3) is 2.68. The Hall–Kier alpha value is -1.97. The Bertz CT molecular complexity index is 768. The zero-order valence-corrected chi connectivity index (χ0v) is 14.0. The molecule has 0 atom stereocenters. The molecular formula is C20H21F3O. The van der Waals surface area contributed by atoms with Crippen LogP contribution in [-0.2, 0) is 6.42 Å². The van der Waals surface area contributed by atoms with Gasteiger partial charge in [0.2, 0.25) is 0 Å². The van der Waals surface area contributed by atoms with Gasteiger partial charge in [-0.25, -0.2) is 13.2 Å². The molecule has 0 radical (unpaired) electrons. The average molecular weight is 334 g/mol. The fraction of sp³-hybridized carbons (Fsp3) is 0.400. The van der Waals surface area contributed by atoms with Gasteiger partial charge in [-0.05, 0) is 47.7 Å².